The normalized spacial score (nSPS) is 18.1. The van der Waals surface area contributed by atoms with Crippen molar-refractivity contribution in [2.75, 3.05) is 0 Å². The molecule has 0 N–H and O–H groups in total. The van der Waals surface area contributed by atoms with Gasteiger partial charge in [0.05, 0.1) is 17.6 Å². The third kappa shape index (κ3) is 5.43. The monoisotopic (exact) mass is 454 g/mol. The first-order chi connectivity index (χ1) is 15.9. The minimum Gasteiger partial charge on any atom is -0.458 e. The topological polar surface area (TPSA) is 105 Å². The molecular formula is C24H23FN2O6. The molecule has 1 aliphatic rings. The smallest absolute Gasteiger partial charge is 0.345 e. The Morgan fingerprint density at radius 3 is 2.67 bits per heavy atom. The molecule has 4 rings (SSSR count). The van der Waals surface area contributed by atoms with Crippen LogP contribution in [0.3, 0.4) is 0 Å². The highest BCUT2D eigenvalue weighted by atomic mass is 19.1. The fraction of sp³-hybridized carbons (Fsp3) is 0.333. The highest BCUT2D eigenvalue weighted by Crippen LogP contribution is 2.28. The third-order valence-corrected chi connectivity index (χ3v) is 5.61. The summed E-state index contributed by atoms with van der Waals surface area (Å²) in [6, 6.07) is 11.6. The molecule has 0 unspecified atom stereocenters. The molecule has 3 aromatic rings. The number of hydrogen-bond donors (Lipinski definition) is 0. The number of aromatic nitrogens is 1. The molecule has 1 saturated carbocycles. The molecule has 0 spiro atoms. The van der Waals surface area contributed by atoms with Gasteiger partial charge in [0.1, 0.15) is 28.9 Å². The van der Waals surface area contributed by atoms with Crippen molar-refractivity contribution in [3.63, 3.8) is 0 Å². The Bertz CT molecular complexity index is 1140. The van der Waals surface area contributed by atoms with Crippen LogP contribution in [0.4, 0.5) is 10.1 Å². The Hall–Kier alpha value is -3.59. The molecule has 0 aliphatic heterocycles. The highest BCUT2D eigenvalue weighted by Gasteiger charge is 2.29. The number of ether oxygens (including phenoxy) is 2. The number of hydrogen-bond acceptors (Lipinski definition) is 7. The number of aryl methyl sites for hydroxylation is 1. The molecule has 9 heteroatoms. The van der Waals surface area contributed by atoms with Crippen LogP contribution in [0.25, 0.3) is 11.5 Å². The summed E-state index contributed by atoms with van der Waals surface area (Å²) >= 11 is 0. The first-order valence-electron chi connectivity index (χ1n) is 10.7. The lowest BCUT2D eigenvalue weighted by molar-refractivity contribution is -0.385. The van der Waals surface area contributed by atoms with Crippen molar-refractivity contribution in [3.8, 4) is 11.5 Å². The number of nitrogens with zero attached hydrogens (tertiary/aromatic N) is 2. The fourth-order valence-electron chi connectivity index (χ4n) is 3.86. The van der Waals surface area contributed by atoms with Gasteiger partial charge in [0, 0.05) is 18.1 Å². The van der Waals surface area contributed by atoms with Crippen molar-refractivity contribution < 1.29 is 28.0 Å². The molecule has 8 nitrogen and oxygen atoms in total. The van der Waals surface area contributed by atoms with Crippen LogP contribution in [0.15, 0.2) is 52.9 Å². The van der Waals surface area contributed by atoms with Gasteiger partial charge >= 0.3 is 5.97 Å². The number of nitro groups is 1. The number of para-hydroxylation sites is 1. The minimum absolute atomic E-state index is 0.0583. The maximum Gasteiger partial charge on any atom is 0.345 e. The molecule has 172 valence electrons. The minimum atomic E-state index is -0.704. The number of rotatable bonds is 7. The van der Waals surface area contributed by atoms with Crippen LogP contribution >= 0.6 is 0 Å². The maximum absolute atomic E-state index is 13.1. The largest absolute Gasteiger partial charge is 0.458 e. The van der Waals surface area contributed by atoms with Gasteiger partial charge in [0.25, 0.3) is 5.69 Å². The summed E-state index contributed by atoms with van der Waals surface area (Å²) < 4.78 is 30.4. The van der Waals surface area contributed by atoms with Gasteiger partial charge in [-0.1, -0.05) is 12.1 Å². The number of nitro benzene ring substituents is 1. The average Bonchev–Trinajstić information content (AvgIpc) is 3.18. The first-order valence-corrected chi connectivity index (χ1v) is 10.7. The zero-order chi connectivity index (χ0) is 23.4. The van der Waals surface area contributed by atoms with Crippen LogP contribution in [-0.2, 0) is 16.1 Å². The summed E-state index contributed by atoms with van der Waals surface area (Å²) in [5.74, 6) is -0.0280. The third-order valence-electron chi connectivity index (χ3n) is 5.61. The first kappa shape index (κ1) is 22.6. The fourth-order valence-corrected chi connectivity index (χ4v) is 3.86. The van der Waals surface area contributed by atoms with E-state index in [-0.39, 0.29) is 35.9 Å². The quantitative estimate of drug-likeness (QED) is 0.268. The Balaban J connectivity index is 1.35. The van der Waals surface area contributed by atoms with Gasteiger partial charge in [0.15, 0.2) is 0 Å². The van der Waals surface area contributed by atoms with Crippen LogP contribution in [0.2, 0.25) is 0 Å². The van der Waals surface area contributed by atoms with Crippen molar-refractivity contribution in [2.24, 2.45) is 0 Å². The van der Waals surface area contributed by atoms with Crippen molar-refractivity contribution >= 4 is 11.7 Å². The number of benzene rings is 2. The zero-order valence-corrected chi connectivity index (χ0v) is 18.0. The van der Waals surface area contributed by atoms with Crippen LogP contribution in [0, 0.1) is 22.9 Å². The van der Waals surface area contributed by atoms with Crippen molar-refractivity contribution in [1.29, 1.82) is 0 Å². The van der Waals surface area contributed by atoms with Crippen LogP contribution in [0.5, 0.6) is 0 Å². The lowest BCUT2D eigenvalue weighted by Crippen LogP contribution is -2.30. The molecule has 1 aliphatic carbocycles. The van der Waals surface area contributed by atoms with E-state index in [1.165, 1.54) is 30.3 Å². The van der Waals surface area contributed by atoms with Gasteiger partial charge in [-0.15, -0.1) is 0 Å². The molecule has 1 heterocycles. The second-order valence-corrected chi connectivity index (χ2v) is 7.93. The standard InChI is InChI=1S/C24H23FN2O6/c1-15-21(26-23(32-15)16-9-11-17(25)12-10-16)14-31-18-5-4-6-19(13-18)33-24(28)20-7-2-3-8-22(20)27(29)30/h2-3,7-12,18-19H,4-6,13-14H2,1H3/t18-,19+/m1/s1. The van der Waals surface area contributed by atoms with Gasteiger partial charge in [-0.3, -0.25) is 10.1 Å². The molecule has 1 fully saturated rings. The van der Waals surface area contributed by atoms with E-state index in [0.717, 1.165) is 12.8 Å². The molecule has 33 heavy (non-hydrogen) atoms. The number of carbonyl (C=O) groups excluding carboxylic acids is 1. The predicted octanol–water partition coefficient (Wildman–Crippen LogP) is 5.38. The van der Waals surface area contributed by atoms with Gasteiger partial charge in [-0.05, 0) is 56.5 Å². The maximum atomic E-state index is 13.1. The second kappa shape index (κ2) is 9.91. The summed E-state index contributed by atoms with van der Waals surface area (Å²) in [4.78, 5) is 27.6. The predicted molar refractivity (Wildman–Crippen MR) is 116 cm³/mol. The number of halogens is 1. The van der Waals surface area contributed by atoms with Crippen LogP contribution in [0.1, 0.15) is 47.5 Å². The number of carbonyl (C=O) groups is 1. The van der Waals surface area contributed by atoms with Gasteiger partial charge < -0.3 is 13.9 Å². The molecular weight excluding hydrogens is 431 g/mol. The Labute approximate surface area is 189 Å². The van der Waals surface area contributed by atoms with E-state index in [2.05, 4.69) is 4.98 Å². The van der Waals surface area contributed by atoms with E-state index in [4.69, 9.17) is 13.9 Å². The summed E-state index contributed by atoms with van der Waals surface area (Å²) in [7, 11) is 0. The molecule has 0 radical (unpaired) electrons. The molecule has 0 amide bonds. The van der Waals surface area contributed by atoms with Crippen LogP contribution in [-0.4, -0.2) is 28.1 Å². The van der Waals surface area contributed by atoms with Crippen LogP contribution < -0.4 is 0 Å². The van der Waals surface area contributed by atoms with E-state index < -0.39 is 10.9 Å². The van der Waals surface area contributed by atoms with E-state index >= 15 is 0 Å². The molecule has 0 bridgehead atoms. The molecule has 2 atom stereocenters. The van der Waals surface area contributed by atoms with Gasteiger partial charge in [-0.25, -0.2) is 14.2 Å². The molecule has 2 aromatic carbocycles. The second-order valence-electron chi connectivity index (χ2n) is 7.93. The van der Waals surface area contributed by atoms with E-state index in [1.807, 2.05) is 0 Å². The number of esters is 1. The summed E-state index contributed by atoms with van der Waals surface area (Å²) in [5.41, 5.74) is 0.986. The Morgan fingerprint density at radius 2 is 1.91 bits per heavy atom. The van der Waals surface area contributed by atoms with Gasteiger partial charge in [-0.2, -0.15) is 0 Å². The summed E-state index contributed by atoms with van der Waals surface area (Å²) in [6.07, 6.45) is 2.24. The molecule has 0 saturated heterocycles. The van der Waals surface area contributed by atoms with E-state index in [0.29, 0.717) is 35.7 Å². The average molecular weight is 454 g/mol. The zero-order valence-electron chi connectivity index (χ0n) is 18.0. The summed E-state index contributed by atoms with van der Waals surface area (Å²) in [6.45, 7) is 2.02. The Morgan fingerprint density at radius 1 is 1.18 bits per heavy atom. The SMILES string of the molecule is Cc1oc(-c2ccc(F)cc2)nc1CO[C@@H]1CCC[C@H](OC(=O)c2ccccc2[N+](=O)[O-])C1. The highest BCUT2D eigenvalue weighted by molar-refractivity contribution is 5.93. The van der Waals surface area contributed by atoms with E-state index in [9.17, 15) is 19.3 Å². The van der Waals surface area contributed by atoms with Crippen molar-refractivity contribution in [2.45, 2.75) is 51.4 Å². The lowest BCUT2D eigenvalue weighted by atomic mass is 9.94. The van der Waals surface area contributed by atoms with E-state index in [1.54, 1.807) is 25.1 Å². The van der Waals surface area contributed by atoms with Crippen molar-refractivity contribution in [3.05, 3.63) is 81.5 Å². The Kier molecular flexibility index (Phi) is 6.79. The van der Waals surface area contributed by atoms with Gasteiger partial charge in [0.2, 0.25) is 5.89 Å². The lowest BCUT2D eigenvalue weighted by Gasteiger charge is -2.28. The van der Waals surface area contributed by atoms with Crippen molar-refractivity contribution in [1.82, 2.24) is 4.98 Å². The molecule has 1 aromatic heterocycles. The summed E-state index contributed by atoms with van der Waals surface area (Å²) in [5, 5.41) is 11.2. The number of oxazole rings is 1.